The zero-order valence-corrected chi connectivity index (χ0v) is 10.4. The number of ketones is 1. The number of nitrogens with zero attached hydrogens (tertiary/aromatic N) is 2. The van der Waals surface area contributed by atoms with E-state index in [1.165, 1.54) is 6.07 Å². The van der Waals surface area contributed by atoms with Gasteiger partial charge in [-0.3, -0.25) is 9.69 Å². The standard InChI is InChI=1S/C13H17FN2O2/c1-15-4-6-16(7-5-15)9-13(18)11-8-10(14)2-3-12(11)17/h2-3,8,17H,4-7,9H2,1H3. The second-order valence-corrected chi connectivity index (χ2v) is 4.66. The van der Waals surface area contributed by atoms with E-state index in [-0.39, 0.29) is 23.6 Å². The highest BCUT2D eigenvalue weighted by molar-refractivity contribution is 6.00. The van der Waals surface area contributed by atoms with Gasteiger partial charge in [0.15, 0.2) is 5.78 Å². The maximum atomic E-state index is 13.1. The van der Waals surface area contributed by atoms with Crippen LogP contribution < -0.4 is 0 Å². The molecule has 0 amide bonds. The van der Waals surface area contributed by atoms with Crippen molar-refractivity contribution >= 4 is 5.78 Å². The molecule has 0 atom stereocenters. The van der Waals surface area contributed by atoms with Crippen LogP contribution >= 0.6 is 0 Å². The van der Waals surface area contributed by atoms with Crippen LogP contribution in [0.1, 0.15) is 10.4 Å². The maximum absolute atomic E-state index is 13.1. The van der Waals surface area contributed by atoms with Crippen molar-refractivity contribution in [3.63, 3.8) is 0 Å². The molecule has 18 heavy (non-hydrogen) atoms. The molecule has 1 N–H and O–H groups in total. The SMILES string of the molecule is CN1CCN(CC(=O)c2cc(F)ccc2O)CC1. The van der Waals surface area contributed by atoms with E-state index in [0.717, 1.165) is 38.3 Å². The third-order valence-electron chi connectivity index (χ3n) is 3.22. The van der Waals surface area contributed by atoms with Crippen molar-refractivity contribution in [1.82, 2.24) is 9.80 Å². The van der Waals surface area contributed by atoms with E-state index in [1.807, 2.05) is 11.9 Å². The normalized spacial score (nSPS) is 17.9. The number of hydrogen-bond acceptors (Lipinski definition) is 4. The summed E-state index contributed by atoms with van der Waals surface area (Å²) in [5, 5.41) is 9.56. The fourth-order valence-electron chi connectivity index (χ4n) is 2.03. The monoisotopic (exact) mass is 252 g/mol. The average molecular weight is 252 g/mol. The number of halogens is 1. The van der Waals surface area contributed by atoms with Crippen molar-refractivity contribution in [3.05, 3.63) is 29.6 Å². The molecule has 0 unspecified atom stereocenters. The molecule has 1 aliphatic rings. The molecule has 1 fully saturated rings. The van der Waals surface area contributed by atoms with Gasteiger partial charge >= 0.3 is 0 Å². The van der Waals surface area contributed by atoms with Gasteiger partial charge in [0.05, 0.1) is 12.1 Å². The van der Waals surface area contributed by atoms with Gasteiger partial charge in [-0.05, 0) is 25.2 Å². The minimum atomic E-state index is -0.505. The van der Waals surface area contributed by atoms with Crippen LogP contribution in [0.4, 0.5) is 4.39 Å². The first-order valence-electron chi connectivity index (χ1n) is 5.99. The smallest absolute Gasteiger partial charge is 0.180 e. The topological polar surface area (TPSA) is 43.8 Å². The summed E-state index contributed by atoms with van der Waals surface area (Å²) in [5.74, 6) is -0.901. The van der Waals surface area contributed by atoms with Gasteiger partial charge in [0, 0.05) is 26.2 Å². The van der Waals surface area contributed by atoms with E-state index in [4.69, 9.17) is 0 Å². The quantitative estimate of drug-likeness (QED) is 0.814. The summed E-state index contributed by atoms with van der Waals surface area (Å²) >= 11 is 0. The van der Waals surface area contributed by atoms with E-state index in [2.05, 4.69) is 4.90 Å². The van der Waals surface area contributed by atoms with Crippen molar-refractivity contribution in [2.45, 2.75) is 0 Å². The molecule has 1 heterocycles. The molecule has 4 nitrogen and oxygen atoms in total. The van der Waals surface area contributed by atoms with E-state index < -0.39 is 5.82 Å². The van der Waals surface area contributed by atoms with Crippen LogP contribution in [0.5, 0.6) is 5.75 Å². The van der Waals surface area contributed by atoms with Gasteiger partial charge in [-0.1, -0.05) is 0 Å². The summed E-state index contributed by atoms with van der Waals surface area (Å²) in [4.78, 5) is 16.2. The van der Waals surface area contributed by atoms with Gasteiger partial charge in [-0.25, -0.2) is 4.39 Å². The van der Waals surface area contributed by atoms with Crippen molar-refractivity contribution in [2.75, 3.05) is 39.8 Å². The Morgan fingerprint density at radius 2 is 2.00 bits per heavy atom. The second-order valence-electron chi connectivity index (χ2n) is 4.66. The molecule has 98 valence electrons. The van der Waals surface area contributed by atoms with Crippen LogP contribution in [0.2, 0.25) is 0 Å². The molecular formula is C13H17FN2O2. The molecule has 5 heteroatoms. The molecule has 1 aromatic rings. The Morgan fingerprint density at radius 3 is 2.67 bits per heavy atom. The Bertz CT molecular complexity index is 443. The molecule has 1 saturated heterocycles. The highest BCUT2D eigenvalue weighted by Crippen LogP contribution is 2.19. The molecule has 0 bridgehead atoms. The number of hydrogen-bond donors (Lipinski definition) is 1. The van der Waals surface area contributed by atoms with Crippen LogP contribution in [-0.4, -0.2) is 60.5 Å². The molecule has 1 aliphatic heterocycles. The molecule has 0 radical (unpaired) electrons. The number of carbonyl (C=O) groups excluding carboxylic acids is 1. The Balaban J connectivity index is 2.01. The Kier molecular flexibility index (Phi) is 3.93. The molecule has 0 spiro atoms. The van der Waals surface area contributed by atoms with Crippen molar-refractivity contribution in [3.8, 4) is 5.75 Å². The van der Waals surface area contributed by atoms with E-state index >= 15 is 0 Å². The summed E-state index contributed by atoms with van der Waals surface area (Å²) in [6.45, 7) is 3.70. The number of aromatic hydroxyl groups is 1. The predicted molar refractivity (Wildman–Crippen MR) is 66.3 cm³/mol. The van der Waals surface area contributed by atoms with Gasteiger partial charge in [0.1, 0.15) is 11.6 Å². The Labute approximate surface area is 106 Å². The van der Waals surface area contributed by atoms with E-state index in [0.29, 0.717) is 0 Å². The largest absolute Gasteiger partial charge is 0.507 e. The van der Waals surface area contributed by atoms with Crippen LogP contribution in [0.3, 0.4) is 0 Å². The average Bonchev–Trinajstić information content (AvgIpc) is 2.35. The maximum Gasteiger partial charge on any atom is 0.180 e. The summed E-state index contributed by atoms with van der Waals surface area (Å²) in [7, 11) is 2.04. The van der Waals surface area contributed by atoms with Gasteiger partial charge < -0.3 is 10.0 Å². The van der Waals surface area contributed by atoms with Crippen molar-refractivity contribution in [1.29, 1.82) is 0 Å². The lowest BCUT2D eigenvalue weighted by atomic mass is 10.1. The first-order chi connectivity index (χ1) is 8.56. The van der Waals surface area contributed by atoms with Crippen LogP contribution in [0.15, 0.2) is 18.2 Å². The Hall–Kier alpha value is -1.46. The molecule has 2 rings (SSSR count). The number of Topliss-reactive ketones (excluding diaryl/α,β-unsaturated/α-hetero) is 1. The lowest BCUT2D eigenvalue weighted by molar-refractivity contribution is 0.0873. The van der Waals surface area contributed by atoms with Gasteiger partial charge in [0.2, 0.25) is 0 Å². The fourth-order valence-corrected chi connectivity index (χ4v) is 2.03. The number of phenols is 1. The highest BCUT2D eigenvalue weighted by Gasteiger charge is 2.19. The van der Waals surface area contributed by atoms with Crippen LogP contribution in [-0.2, 0) is 0 Å². The summed E-state index contributed by atoms with van der Waals surface area (Å²) in [6, 6.07) is 3.45. The highest BCUT2D eigenvalue weighted by atomic mass is 19.1. The van der Waals surface area contributed by atoms with Crippen LogP contribution in [0.25, 0.3) is 0 Å². The minimum Gasteiger partial charge on any atom is -0.507 e. The predicted octanol–water partition coefficient (Wildman–Crippen LogP) is 0.961. The number of benzene rings is 1. The molecular weight excluding hydrogens is 235 g/mol. The summed E-state index contributed by atoms with van der Waals surface area (Å²) < 4.78 is 13.1. The van der Waals surface area contributed by atoms with Gasteiger partial charge in [-0.15, -0.1) is 0 Å². The van der Waals surface area contributed by atoms with E-state index in [9.17, 15) is 14.3 Å². The Morgan fingerprint density at radius 1 is 1.33 bits per heavy atom. The van der Waals surface area contributed by atoms with Crippen LogP contribution in [0, 0.1) is 5.82 Å². The van der Waals surface area contributed by atoms with E-state index in [1.54, 1.807) is 0 Å². The summed E-state index contributed by atoms with van der Waals surface area (Å²) in [5.41, 5.74) is 0.0638. The first kappa shape index (κ1) is 13.0. The molecule has 0 aromatic heterocycles. The zero-order chi connectivity index (χ0) is 13.1. The number of carbonyl (C=O) groups is 1. The third kappa shape index (κ3) is 3.05. The number of likely N-dealkylation sites (N-methyl/N-ethyl adjacent to an activating group) is 1. The van der Waals surface area contributed by atoms with Gasteiger partial charge in [-0.2, -0.15) is 0 Å². The first-order valence-corrected chi connectivity index (χ1v) is 5.99. The second kappa shape index (κ2) is 5.46. The minimum absolute atomic E-state index is 0.0638. The lowest BCUT2D eigenvalue weighted by Crippen LogP contribution is -2.46. The number of piperazine rings is 1. The van der Waals surface area contributed by atoms with Crippen molar-refractivity contribution in [2.24, 2.45) is 0 Å². The van der Waals surface area contributed by atoms with Crippen molar-refractivity contribution < 1.29 is 14.3 Å². The lowest BCUT2D eigenvalue weighted by Gasteiger charge is -2.31. The van der Waals surface area contributed by atoms with Gasteiger partial charge in [0.25, 0.3) is 0 Å². The molecule has 0 saturated carbocycles. The third-order valence-corrected chi connectivity index (χ3v) is 3.22. The molecule has 1 aromatic carbocycles. The zero-order valence-electron chi connectivity index (χ0n) is 10.4. The number of phenolic OH excluding ortho intramolecular Hbond substituents is 1. The summed E-state index contributed by atoms with van der Waals surface area (Å²) in [6.07, 6.45) is 0. The number of rotatable bonds is 3. The fraction of sp³-hybridized carbons (Fsp3) is 0.462. The molecule has 0 aliphatic carbocycles.